The smallest absolute Gasteiger partial charge is 0.410 e. The summed E-state index contributed by atoms with van der Waals surface area (Å²) < 4.78 is 11.1. The second kappa shape index (κ2) is 13.0. The van der Waals surface area contributed by atoms with E-state index in [1.807, 2.05) is 65.9 Å². The summed E-state index contributed by atoms with van der Waals surface area (Å²) in [5.74, 6) is 0.403. The van der Waals surface area contributed by atoms with E-state index in [2.05, 4.69) is 57.7 Å². The fourth-order valence-corrected chi connectivity index (χ4v) is 6.30. The van der Waals surface area contributed by atoms with Crippen molar-refractivity contribution in [3.63, 3.8) is 0 Å². The Hall–Kier alpha value is -4.86. The lowest BCUT2D eigenvalue weighted by Gasteiger charge is -2.27. The van der Waals surface area contributed by atoms with Crippen LogP contribution in [0.15, 0.2) is 66.9 Å². The zero-order valence-corrected chi connectivity index (χ0v) is 28.6. The summed E-state index contributed by atoms with van der Waals surface area (Å²) in [6, 6.07) is 20.4. The quantitative estimate of drug-likeness (QED) is 0.225. The van der Waals surface area contributed by atoms with Gasteiger partial charge in [-0.2, -0.15) is 0 Å². The Morgan fingerprint density at radius 1 is 0.792 bits per heavy atom. The summed E-state index contributed by atoms with van der Waals surface area (Å²) in [5.41, 5.74) is 3.69. The van der Waals surface area contributed by atoms with Crippen LogP contribution in [0, 0.1) is 5.92 Å². The molecule has 0 bridgehead atoms. The van der Waals surface area contributed by atoms with Crippen LogP contribution in [-0.2, 0) is 14.3 Å². The molecule has 4 aromatic rings. The molecule has 10 heteroatoms. The minimum atomic E-state index is -0.568. The summed E-state index contributed by atoms with van der Waals surface area (Å²) in [5, 5.41) is 5.12. The third-order valence-electron chi connectivity index (χ3n) is 8.64. The van der Waals surface area contributed by atoms with E-state index < -0.39 is 11.2 Å². The highest BCUT2D eigenvalue weighted by Crippen LogP contribution is 2.34. The predicted molar refractivity (Wildman–Crippen MR) is 186 cm³/mol. The van der Waals surface area contributed by atoms with Crippen molar-refractivity contribution in [3.05, 3.63) is 72.7 Å². The molecule has 10 nitrogen and oxygen atoms in total. The number of hydrogen-bond acceptors (Lipinski definition) is 6. The molecule has 2 atom stereocenters. The first kappa shape index (κ1) is 33.1. The van der Waals surface area contributed by atoms with Gasteiger partial charge in [0.05, 0.1) is 23.9 Å². The topological polar surface area (TPSA) is 117 Å². The Bertz CT molecular complexity index is 1820. The number of amides is 3. The van der Waals surface area contributed by atoms with Crippen molar-refractivity contribution < 1.29 is 23.9 Å². The van der Waals surface area contributed by atoms with Gasteiger partial charge >= 0.3 is 12.2 Å². The molecule has 1 aromatic heterocycles. The fourth-order valence-electron chi connectivity index (χ4n) is 6.30. The number of rotatable bonds is 5. The Labute approximate surface area is 281 Å². The number of ether oxygens (including phenoxy) is 2. The Balaban J connectivity index is 1.09. The first-order valence-corrected chi connectivity index (χ1v) is 16.7. The van der Waals surface area contributed by atoms with Gasteiger partial charge < -0.3 is 24.7 Å². The number of likely N-dealkylation sites (tertiary alicyclic amines) is 2. The zero-order chi connectivity index (χ0) is 34.2. The van der Waals surface area contributed by atoms with E-state index in [1.165, 1.54) is 0 Å². The molecule has 3 aromatic carbocycles. The number of nitrogens with one attached hydrogen (secondary N) is 2. The van der Waals surface area contributed by atoms with Gasteiger partial charge in [-0.05, 0) is 106 Å². The second-order valence-corrected chi connectivity index (χ2v) is 14.8. The van der Waals surface area contributed by atoms with Crippen LogP contribution in [0.4, 0.5) is 15.3 Å². The van der Waals surface area contributed by atoms with E-state index in [9.17, 15) is 14.4 Å². The summed E-state index contributed by atoms with van der Waals surface area (Å²) in [6.07, 6.45) is 3.50. The van der Waals surface area contributed by atoms with E-state index >= 15 is 0 Å². The van der Waals surface area contributed by atoms with Crippen LogP contribution in [0.5, 0.6) is 0 Å². The maximum atomic E-state index is 13.0. The van der Waals surface area contributed by atoms with Crippen LogP contribution in [0.2, 0.25) is 0 Å². The monoisotopic (exact) mass is 651 g/mol. The SMILES string of the molecule is CC(C)(C)OC(=O)N1CC[C@H](C(=O)Nc2ccc3cc(-c4ccc(-c5cnc([C@@H]6CCCN6C(=O)OC(C)(C)C)[nH]5)cc4)ccc3c2)C1. The molecule has 0 unspecified atom stereocenters. The normalized spacial score (nSPS) is 18.3. The molecule has 6 rings (SSSR count). The van der Waals surface area contributed by atoms with Gasteiger partial charge in [0.25, 0.3) is 0 Å². The number of aromatic amines is 1. The van der Waals surface area contributed by atoms with Crippen molar-refractivity contribution in [2.75, 3.05) is 25.0 Å². The predicted octanol–water partition coefficient (Wildman–Crippen LogP) is 8.16. The molecule has 0 saturated carbocycles. The van der Waals surface area contributed by atoms with Crippen molar-refractivity contribution in [1.29, 1.82) is 0 Å². The van der Waals surface area contributed by atoms with Gasteiger partial charge in [-0.25, -0.2) is 14.6 Å². The maximum absolute atomic E-state index is 13.0. The molecule has 3 amide bonds. The lowest BCUT2D eigenvalue weighted by molar-refractivity contribution is -0.119. The molecule has 3 heterocycles. The number of nitrogens with zero attached hydrogens (tertiary/aromatic N) is 3. The van der Waals surface area contributed by atoms with E-state index in [0.29, 0.717) is 26.1 Å². The molecule has 2 fully saturated rings. The van der Waals surface area contributed by atoms with Gasteiger partial charge in [0.2, 0.25) is 5.91 Å². The second-order valence-electron chi connectivity index (χ2n) is 14.8. The van der Waals surface area contributed by atoms with Crippen LogP contribution in [0.1, 0.15) is 72.7 Å². The Morgan fingerprint density at radius 3 is 2.17 bits per heavy atom. The lowest BCUT2D eigenvalue weighted by Crippen LogP contribution is -2.36. The fraction of sp³-hybridized carbons (Fsp3) is 0.421. The van der Waals surface area contributed by atoms with Crippen LogP contribution in [-0.4, -0.2) is 68.7 Å². The third kappa shape index (κ3) is 7.64. The zero-order valence-electron chi connectivity index (χ0n) is 28.6. The van der Waals surface area contributed by atoms with E-state index in [1.54, 1.807) is 9.80 Å². The standard InChI is InChI=1S/C38H45N5O5/c1-37(2,3)47-35(45)42-19-17-29(23-42)34(44)40-30-16-15-27-20-26(13-14-28(27)21-30)24-9-11-25(12-10-24)31-22-39-33(41-31)32-8-7-18-43(32)36(46)48-38(4,5)6/h9-16,20-22,29,32H,7-8,17-19,23H2,1-6H3,(H,39,41)(H,40,44)/t29-,32-/m0/s1. The number of imidazole rings is 1. The van der Waals surface area contributed by atoms with Gasteiger partial charge in [0, 0.05) is 25.3 Å². The molecule has 252 valence electrons. The molecule has 2 aliphatic rings. The number of H-pyrrole nitrogens is 1. The highest BCUT2D eigenvalue weighted by Gasteiger charge is 2.35. The van der Waals surface area contributed by atoms with Crippen molar-refractivity contribution >= 4 is 34.6 Å². The van der Waals surface area contributed by atoms with Crippen molar-refractivity contribution in [3.8, 4) is 22.4 Å². The molecule has 0 spiro atoms. The maximum Gasteiger partial charge on any atom is 0.410 e. The van der Waals surface area contributed by atoms with Gasteiger partial charge in [-0.15, -0.1) is 0 Å². The van der Waals surface area contributed by atoms with Crippen molar-refractivity contribution in [2.24, 2.45) is 5.92 Å². The minimum absolute atomic E-state index is 0.0925. The van der Waals surface area contributed by atoms with Gasteiger partial charge in [-0.3, -0.25) is 9.69 Å². The molecular weight excluding hydrogens is 606 g/mol. The third-order valence-corrected chi connectivity index (χ3v) is 8.64. The van der Waals surface area contributed by atoms with E-state index in [-0.39, 0.29) is 30.1 Å². The Kier molecular flexibility index (Phi) is 8.94. The van der Waals surface area contributed by atoms with Crippen molar-refractivity contribution in [2.45, 2.75) is 78.0 Å². The highest BCUT2D eigenvalue weighted by molar-refractivity contribution is 5.97. The number of carbonyl (C=O) groups is 3. The first-order chi connectivity index (χ1) is 22.7. The first-order valence-electron chi connectivity index (χ1n) is 16.7. The number of fused-ring (bicyclic) bond motifs is 1. The van der Waals surface area contributed by atoms with E-state index in [4.69, 9.17) is 9.47 Å². The van der Waals surface area contributed by atoms with Crippen LogP contribution < -0.4 is 5.32 Å². The molecule has 2 aliphatic heterocycles. The van der Waals surface area contributed by atoms with Gasteiger partial charge in [0.1, 0.15) is 17.0 Å². The number of hydrogen-bond donors (Lipinski definition) is 2. The summed E-state index contributed by atoms with van der Waals surface area (Å²) in [6.45, 7) is 12.7. The molecule has 2 saturated heterocycles. The summed E-state index contributed by atoms with van der Waals surface area (Å²) in [7, 11) is 0. The molecule has 2 N–H and O–H groups in total. The molecular formula is C38H45N5O5. The van der Waals surface area contributed by atoms with Gasteiger partial charge in [-0.1, -0.05) is 42.5 Å². The van der Waals surface area contributed by atoms with Crippen LogP contribution in [0.3, 0.4) is 0 Å². The number of carbonyl (C=O) groups excluding carboxylic acids is 3. The number of aromatic nitrogens is 2. The summed E-state index contributed by atoms with van der Waals surface area (Å²) in [4.78, 5) is 49.6. The van der Waals surface area contributed by atoms with Crippen LogP contribution >= 0.6 is 0 Å². The number of anilines is 1. The highest BCUT2D eigenvalue weighted by atomic mass is 16.6. The Morgan fingerprint density at radius 2 is 1.44 bits per heavy atom. The van der Waals surface area contributed by atoms with E-state index in [0.717, 1.165) is 57.5 Å². The van der Waals surface area contributed by atoms with Crippen LogP contribution in [0.25, 0.3) is 33.2 Å². The lowest BCUT2D eigenvalue weighted by atomic mass is 9.99. The van der Waals surface area contributed by atoms with Crippen molar-refractivity contribution in [1.82, 2.24) is 19.8 Å². The molecule has 0 radical (unpaired) electrons. The largest absolute Gasteiger partial charge is 0.444 e. The van der Waals surface area contributed by atoms with Gasteiger partial charge in [0.15, 0.2) is 0 Å². The minimum Gasteiger partial charge on any atom is -0.444 e. The summed E-state index contributed by atoms with van der Waals surface area (Å²) >= 11 is 0. The average molecular weight is 652 g/mol. The number of benzene rings is 3. The average Bonchev–Trinajstić information content (AvgIpc) is 3.80. The molecule has 0 aliphatic carbocycles. The molecule has 48 heavy (non-hydrogen) atoms.